The van der Waals surface area contributed by atoms with Gasteiger partial charge in [-0.3, -0.25) is 0 Å². The molecule has 3 unspecified atom stereocenters. The summed E-state index contributed by atoms with van der Waals surface area (Å²) >= 11 is 0. The summed E-state index contributed by atoms with van der Waals surface area (Å²) < 4.78 is 0. The molecule has 0 aromatic carbocycles. The number of rotatable bonds is 3. The zero-order valence-electron chi connectivity index (χ0n) is 18.3. The molecule has 3 atom stereocenters. The Bertz CT molecular complexity index is 700. The standard InChI is InChI=1S/C23H38NP/c1-12-20-18(7)19(8)23(9,10)24(11)22(20)25-21-16(5)14(3)13(2)15(4)17(21)6/h13-14,25H,12H2,1-11H3. The largest absolute Gasteiger partial charge is 0.365 e. The molecule has 0 saturated carbocycles. The van der Waals surface area contributed by atoms with Crippen molar-refractivity contribution < 1.29 is 0 Å². The number of likely N-dealkylation sites (N-methyl/N-ethyl adjacent to an activating group) is 1. The summed E-state index contributed by atoms with van der Waals surface area (Å²) in [6.45, 7) is 23.5. The molecule has 1 nitrogen and oxygen atoms in total. The third kappa shape index (κ3) is 3.18. The summed E-state index contributed by atoms with van der Waals surface area (Å²) in [5.74, 6) is 1.31. The van der Waals surface area contributed by atoms with Gasteiger partial charge in [-0.1, -0.05) is 31.9 Å². The molecule has 0 fully saturated rings. The second-order valence-corrected chi connectivity index (χ2v) is 9.84. The fourth-order valence-electron chi connectivity index (χ4n) is 4.31. The average Bonchev–Trinajstić information content (AvgIpc) is 2.58. The molecule has 0 aromatic heterocycles. The Morgan fingerprint density at radius 2 is 1.44 bits per heavy atom. The molecule has 0 saturated heterocycles. The van der Waals surface area contributed by atoms with E-state index in [1.54, 1.807) is 33.0 Å². The van der Waals surface area contributed by atoms with Crippen LogP contribution in [0.4, 0.5) is 0 Å². The first-order valence-electron chi connectivity index (χ1n) is 9.77. The van der Waals surface area contributed by atoms with Crippen molar-refractivity contribution in [2.24, 2.45) is 11.8 Å². The highest BCUT2D eigenvalue weighted by Gasteiger charge is 2.36. The smallest absolute Gasteiger partial charge is 0.0557 e. The van der Waals surface area contributed by atoms with Gasteiger partial charge in [0.2, 0.25) is 0 Å². The van der Waals surface area contributed by atoms with Gasteiger partial charge in [0, 0.05) is 12.5 Å². The Labute approximate surface area is 158 Å². The lowest BCUT2D eigenvalue weighted by molar-refractivity contribution is 0.252. The summed E-state index contributed by atoms with van der Waals surface area (Å²) in [5.41, 5.74) is 11.0. The highest BCUT2D eigenvalue weighted by Crippen LogP contribution is 2.53. The Morgan fingerprint density at radius 1 is 0.920 bits per heavy atom. The first-order chi connectivity index (χ1) is 11.5. The van der Waals surface area contributed by atoms with E-state index in [0.717, 1.165) is 15.0 Å². The molecule has 1 heterocycles. The van der Waals surface area contributed by atoms with Crippen LogP contribution in [-0.4, -0.2) is 17.5 Å². The Morgan fingerprint density at radius 3 is 1.96 bits per heavy atom. The van der Waals surface area contributed by atoms with Gasteiger partial charge >= 0.3 is 0 Å². The summed E-state index contributed by atoms with van der Waals surface area (Å²) in [5, 5.41) is 1.61. The topological polar surface area (TPSA) is 3.24 Å². The molecule has 2 rings (SSSR count). The van der Waals surface area contributed by atoms with Crippen LogP contribution in [0.3, 0.4) is 0 Å². The van der Waals surface area contributed by atoms with Crippen molar-refractivity contribution in [1.82, 2.24) is 4.90 Å². The monoisotopic (exact) mass is 359 g/mol. The van der Waals surface area contributed by atoms with Crippen LogP contribution in [0.15, 0.2) is 44.2 Å². The normalized spacial score (nSPS) is 28.2. The average molecular weight is 360 g/mol. The number of allylic oxidation sites excluding steroid dienone is 6. The van der Waals surface area contributed by atoms with Crippen LogP contribution in [0.1, 0.15) is 75.7 Å². The predicted octanol–water partition coefficient (Wildman–Crippen LogP) is 7.24. The second kappa shape index (κ2) is 7.07. The van der Waals surface area contributed by atoms with Crippen molar-refractivity contribution in [2.45, 2.75) is 81.2 Å². The Hall–Kier alpha value is -0.810. The highest BCUT2D eigenvalue weighted by molar-refractivity contribution is 7.48. The van der Waals surface area contributed by atoms with E-state index in [9.17, 15) is 0 Å². The lowest BCUT2D eigenvalue weighted by atomic mass is 9.78. The fraction of sp³-hybridized carbons (Fsp3) is 0.652. The lowest BCUT2D eigenvalue weighted by Gasteiger charge is -2.46. The van der Waals surface area contributed by atoms with Gasteiger partial charge in [-0.05, 0) is 103 Å². The van der Waals surface area contributed by atoms with Gasteiger partial charge in [0.1, 0.15) is 0 Å². The lowest BCUT2D eigenvalue weighted by Crippen LogP contribution is -2.44. The molecule has 2 heteroatoms. The molecule has 0 aromatic rings. The maximum absolute atomic E-state index is 2.55. The maximum Gasteiger partial charge on any atom is 0.0557 e. The molecular formula is C23H38NP. The molecule has 1 aliphatic heterocycles. The zero-order valence-corrected chi connectivity index (χ0v) is 19.3. The van der Waals surface area contributed by atoms with Crippen LogP contribution < -0.4 is 0 Å². The van der Waals surface area contributed by atoms with Crippen LogP contribution in [-0.2, 0) is 0 Å². The Balaban J connectivity index is 2.59. The van der Waals surface area contributed by atoms with E-state index >= 15 is 0 Å². The quantitative estimate of drug-likeness (QED) is 0.480. The molecule has 25 heavy (non-hydrogen) atoms. The zero-order chi connectivity index (χ0) is 19.3. The van der Waals surface area contributed by atoms with E-state index in [0.29, 0.717) is 11.8 Å². The van der Waals surface area contributed by atoms with Crippen LogP contribution in [0.5, 0.6) is 0 Å². The third-order valence-corrected chi connectivity index (χ3v) is 9.36. The molecule has 0 radical (unpaired) electrons. The van der Waals surface area contributed by atoms with E-state index < -0.39 is 0 Å². The maximum atomic E-state index is 2.55. The molecule has 2 aliphatic rings. The number of nitrogens with zero attached hydrogens (tertiary/aromatic N) is 1. The predicted molar refractivity (Wildman–Crippen MR) is 115 cm³/mol. The van der Waals surface area contributed by atoms with E-state index in [4.69, 9.17) is 0 Å². The van der Waals surface area contributed by atoms with Gasteiger partial charge in [-0.15, -0.1) is 0 Å². The van der Waals surface area contributed by atoms with Gasteiger partial charge in [0.25, 0.3) is 0 Å². The van der Waals surface area contributed by atoms with Crippen molar-refractivity contribution in [3.05, 3.63) is 44.2 Å². The van der Waals surface area contributed by atoms with Gasteiger partial charge < -0.3 is 4.90 Å². The first kappa shape index (κ1) is 20.5. The Kier molecular flexibility index (Phi) is 5.80. The molecule has 0 bridgehead atoms. The highest BCUT2D eigenvalue weighted by atomic mass is 31.1. The summed E-state index contributed by atoms with van der Waals surface area (Å²) in [4.78, 5) is 2.55. The van der Waals surface area contributed by atoms with Crippen molar-refractivity contribution in [1.29, 1.82) is 0 Å². The second-order valence-electron chi connectivity index (χ2n) is 8.62. The van der Waals surface area contributed by atoms with Crippen molar-refractivity contribution in [3.63, 3.8) is 0 Å². The molecule has 0 spiro atoms. The molecule has 140 valence electrons. The molecular weight excluding hydrogens is 321 g/mol. The van der Waals surface area contributed by atoms with Gasteiger partial charge in [-0.25, -0.2) is 0 Å². The van der Waals surface area contributed by atoms with Crippen LogP contribution in [0.2, 0.25) is 0 Å². The fourth-order valence-corrected chi connectivity index (χ4v) is 6.32. The summed E-state index contributed by atoms with van der Waals surface area (Å²) in [6.07, 6.45) is 1.12. The van der Waals surface area contributed by atoms with E-state index in [1.165, 1.54) is 11.1 Å². The minimum atomic E-state index is 0.0970. The van der Waals surface area contributed by atoms with E-state index in [2.05, 4.69) is 81.2 Å². The number of hydrogen-bond acceptors (Lipinski definition) is 1. The van der Waals surface area contributed by atoms with Crippen LogP contribution >= 0.6 is 8.58 Å². The van der Waals surface area contributed by atoms with Gasteiger partial charge in [-0.2, -0.15) is 0 Å². The minimum Gasteiger partial charge on any atom is -0.365 e. The van der Waals surface area contributed by atoms with Crippen LogP contribution in [0.25, 0.3) is 0 Å². The van der Waals surface area contributed by atoms with E-state index in [1.807, 2.05) is 0 Å². The van der Waals surface area contributed by atoms with Crippen molar-refractivity contribution in [3.8, 4) is 0 Å². The molecule has 0 N–H and O–H groups in total. The molecule has 1 aliphatic carbocycles. The van der Waals surface area contributed by atoms with Crippen molar-refractivity contribution >= 4 is 8.58 Å². The van der Waals surface area contributed by atoms with Gasteiger partial charge in [0.15, 0.2) is 0 Å². The van der Waals surface area contributed by atoms with Crippen molar-refractivity contribution in [2.75, 3.05) is 7.05 Å². The van der Waals surface area contributed by atoms with Crippen LogP contribution in [0, 0.1) is 11.8 Å². The first-order valence-corrected chi connectivity index (χ1v) is 10.8. The number of hydrogen-bond donors (Lipinski definition) is 0. The summed E-state index contributed by atoms with van der Waals surface area (Å²) in [7, 11) is 3.05. The minimum absolute atomic E-state index is 0.0970. The van der Waals surface area contributed by atoms with E-state index in [-0.39, 0.29) is 5.54 Å². The third-order valence-electron chi connectivity index (χ3n) is 7.47. The molecule has 0 amide bonds. The summed E-state index contributed by atoms with van der Waals surface area (Å²) in [6, 6.07) is 0. The van der Waals surface area contributed by atoms with Gasteiger partial charge in [0.05, 0.1) is 5.54 Å². The SMILES string of the molecule is CCC1=C(PC2=C(C)C(C)C(C)C(C)=C2C)N(C)C(C)(C)C(C)=C1C.